The number of carboxylic acids is 1. The summed E-state index contributed by atoms with van der Waals surface area (Å²) in [4.78, 5) is 15.3. The van der Waals surface area contributed by atoms with Crippen molar-refractivity contribution in [2.45, 2.75) is 0 Å². The second-order valence-electron chi connectivity index (χ2n) is 5.08. The highest BCUT2D eigenvalue weighted by atomic mass is 19.2. The summed E-state index contributed by atoms with van der Waals surface area (Å²) in [5.41, 5.74) is 0.795. The van der Waals surface area contributed by atoms with Crippen LogP contribution < -0.4 is 0 Å². The molecule has 6 heteroatoms. The number of aromatic nitrogens is 1. The number of aromatic hydroxyl groups is 1. The van der Waals surface area contributed by atoms with Gasteiger partial charge in [-0.25, -0.2) is 18.6 Å². The fourth-order valence-electron chi connectivity index (χ4n) is 2.25. The van der Waals surface area contributed by atoms with Gasteiger partial charge in [-0.1, -0.05) is 24.3 Å². The van der Waals surface area contributed by atoms with E-state index in [4.69, 9.17) is 5.11 Å². The van der Waals surface area contributed by atoms with Crippen molar-refractivity contribution in [2.75, 3.05) is 0 Å². The van der Waals surface area contributed by atoms with Crippen molar-refractivity contribution in [1.82, 2.24) is 4.98 Å². The lowest BCUT2D eigenvalue weighted by atomic mass is 10.1. The number of benzene rings is 2. The van der Waals surface area contributed by atoms with E-state index < -0.39 is 23.4 Å². The summed E-state index contributed by atoms with van der Waals surface area (Å²) >= 11 is 0. The van der Waals surface area contributed by atoms with Gasteiger partial charge >= 0.3 is 5.97 Å². The maximum absolute atomic E-state index is 13.2. The van der Waals surface area contributed by atoms with Crippen molar-refractivity contribution in [3.05, 3.63) is 70.9 Å². The number of aromatic carboxylic acids is 1. The molecule has 0 amide bonds. The largest absolute Gasteiger partial charge is 0.505 e. The van der Waals surface area contributed by atoms with E-state index in [1.807, 2.05) is 0 Å². The van der Waals surface area contributed by atoms with Gasteiger partial charge < -0.3 is 10.2 Å². The van der Waals surface area contributed by atoms with Crippen molar-refractivity contribution >= 4 is 29.0 Å². The average Bonchev–Trinajstić information content (AvgIpc) is 2.56. The van der Waals surface area contributed by atoms with Crippen molar-refractivity contribution in [1.29, 1.82) is 0 Å². The van der Waals surface area contributed by atoms with Crippen LogP contribution in [0, 0.1) is 11.6 Å². The van der Waals surface area contributed by atoms with Gasteiger partial charge in [-0.05, 0) is 35.9 Å². The van der Waals surface area contributed by atoms with Gasteiger partial charge in [-0.2, -0.15) is 0 Å². The van der Waals surface area contributed by atoms with E-state index in [1.54, 1.807) is 24.3 Å². The Bertz CT molecular complexity index is 983. The molecule has 0 aliphatic heterocycles. The fourth-order valence-corrected chi connectivity index (χ4v) is 2.25. The topological polar surface area (TPSA) is 70.4 Å². The van der Waals surface area contributed by atoms with E-state index in [9.17, 15) is 18.7 Å². The Hall–Kier alpha value is -3.28. The highest BCUT2D eigenvalue weighted by Crippen LogP contribution is 2.27. The molecule has 24 heavy (non-hydrogen) atoms. The molecule has 3 rings (SSSR count). The molecule has 1 aromatic heterocycles. The molecule has 0 aliphatic rings. The fraction of sp³-hybridized carbons (Fsp3) is 0. The van der Waals surface area contributed by atoms with Crippen molar-refractivity contribution in [2.24, 2.45) is 0 Å². The van der Waals surface area contributed by atoms with E-state index in [0.717, 1.165) is 12.1 Å². The number of hydrogen-bond donors (Lipinski definition) is 2. The zero-order valence-corrected chi connectivity index (χ0v) is 12.2. The summed E-state index contributed by atoms with van der Waals surface area (Å²) in [6.45, 7) is 0. The highest BCUT2D eigenvalue weighted by Gasteiger charge is 2.13. The molecule has 0 bridgehead atoms. The lowest BCUT2D eigenvalue weighted by molar-refractivity contribution is 0.0694. The van der Waals surface area contributed by atoms with E-state index in [1.165, 1.54) is 18.2 Å². The first-order valence-electron chi connectivity index (χ1n) is 6.95. The Kier molecular flexibility index (Phi) is 3.95. The number of rotatable bonds is 3. The Balaban J connectivity index is 2.00. The molecule has 1 heterocycles. The molecule has 2 aromatic carbocycles. The van der Waals surface area contributed by atoms with Crippen LogP contribution in [0.5, 0.6) is 5.75 Å². The lowest BCUT2D eigenvalue weighted by Gasteiger charge is -2.05. The number of phenols is 1. The number of hydrogen-bond acceptors (Lipinski definition) is 3. The molecule has 0 saturated carbocycles. The number of carboxylic acid groups (broad SMARTS) is 1. The SMILES string of the molecule is O=C(O)c1ccc2ccc(C=Cc3ccc(F)c(F)c3)nc2c1O. The molecule has 0 spiro atoms. The van der Waals surface area contributed by atoms with Gasteiger partial charge in [0.05, 0.1) is 5.69 Å². The average molecular weight is 327 g/mol. The van der Waals surface area contributed by atoms with Crippen LogP contribution in [-0.4, -0.2) is 21.2 Å². The van der Waals surface area contributed by atoms with Crippen LogP contribution in [0.4, 0.5) is 8.78 Å². The summed E-state index contributed by atoms with van der Waals surface area (Å²) in [6, 6.07) is 9.68. The second kappa shape index (κ2) is 6.08. The molecule has 120 valence electrons. The standard InChI is InChI=1S/C18H11F2NO3/c19-14-8-2-10(9-15(14)20)1-5-12-6-3-11-4-7-13(18(23)24)17(22)16(11)21-12/h1-9,22H,(H,23,24). The molecule has 0 saturated heterocycles. The van der Waals surface area contributed by atoms with Crippen LogP contribution in [0.15, 0.2) is 42.5 Å². The van der Waals surface area contributed by atoms with Crippen LogP contribution >= 0.6 is 0 Å². The van der Waals surface area contributed by atoms with E-state index in [-0.39, 0.29) is 11.1 Å². The van der Waals surface area contributed by atoms with Crippen LogP contribution in [0.2, 0.25) is 0 Å². The van der Waals surface area contributed by atoms with Crippen LogP contribution in [0.1, 0.15) is 21.6 Å². The van der Waals surface area contributed by atoms with E-state index in [0.29, 0.717) is 16.6 Å². The predicted octanol–water partition coefficient (Wildman–Crippen LogP) is 4.09. The molecular formula is C18H11F2NO3. The smallest absolute Gasteiger partial charge is 0.339 e. The quantitative estimate of drug-likeness (QED) is 0.760. The molecule has 0 fully saturated rings. The van der Waals surface area contributed by atoms with Crippen LogP contribution in [0.3, 0.4) is 0 Å². The van der Waals surface area contributed by atoms with Gasteiger partial charge in [0, 0.05) is 5.39 Å². The highest BCUT2D eigenvalue weighted by molar-refractivity contribution is 5.99. The first-order valence-corrected chi connectivity index (χ1v) is 6.95. The number of nitrogens with zero attached hydrogens (tertiary/aromatic N) is 1. The zero-order chi connectivity index (χ0) is 17.3. The molecule has 0 aliphatic carbocycles. The van der Waals surface area contributed by atoms with Crippen LogP contribution in [0.25, 0.3) is 23.1 Å². The van der Waals surface area contributed by atoms with E-state index >= 15 is 0 Å². The first-order chi connectivity index (χ1) is 11.5. The van der Waals surface area contributed by atoms with Gasteiger partial charge in [0.25, 0.3) is 0 Å². The first kappa shape index (κ1) is 15.6. The Morgan fingerprint density at radius 1 is 1.00 bits per heavy atom. The molecular weight excluding hydrogens is 316 g/mol. The molecule has 0 unspecified atom stereocenters. The minimum atomic E-state index is -1.25. The normalized spacial score (nSPS) is 11.2. The maximum Gasteiger partial charge on any atom is 0.339 e. The Morgan fingerprint density at radius 2 is 1.75 bits per heavy atom. The molecule has 4 nitrogen and oxygen atoms in total. The number of carbonyl (C=O) groups is 1. The van der Waals surface area contributed by atoms with Gasteiger partial charge in [0.2, 0.25) is 0 Å². The van der Waals surface area contributed by atoms with Gasteiger partial charge in [0.15, 0.2) is 17.4 Å². The van der Waals surface area contributed by atoms with Gasteiger partial charge in [-0.3, -0.25) is 0 Å². The second-order valence-corrected chi connectivity index (χ2v) is 5.08. The Morgan fingerprint density at radius 3 is 2.46 bits per heavy atom. The number of fused-ring (bicyclic) bond motifs is 1. The van der Waals surface area contributed by atoms with Crippen molar-refractivity contribution < 1.29 is 23.8 Å². The lowest BCUT2D eigenvalue weighted by Crippen LogP contribution is -1.97. The monoisotopic (exact) mass is 327 g/mol. The van der Waals surface area contributed by atoms with Crippen LogP contribution in [-0.2, 0) is 0 Å². The van der Waals surface area contributed by atoms with Gasteiger partial charge in [0.1, 0.15) is 11.1 Å². The maximum atomic E-state index is 13.2. The van der Waals surface area contributed by atoms with E-state index in [2.05, 4.69) is 4.98 Å². The summed E-state index contributed by atoms with van der Waals surface area (Å²) in [5.74, 6) is -3.54. The molecule has 0 radical (unpaired) electrons. The van der Waals surface area contributed by atoms with Gasteiger partial charge in [-0.15, -0.1) is 0 Å². The van der Waals surface area contributed by atoms with Crippen molar-refractivity contribution in [3.63, 3.8) is 0 Å². The van der Waals surface area contributed by atoms with Crippen molar-refractivity contribution in [3.8, 4) is 5.75 Å². The molecule has 3 aromatic rings. The third kappa shape index (κ3) is 2.94. The summed E-state index contributed by atoms with van der Waals surface area (Å²) in [7, 11) is 0. The third-order valence-electron chi connectivity index (χ3n) is 3.48. The minimum Gasteiger partial charge on any atom is -0.505 e. The molecule has 0 atom stereocenters. The minimum absolute atomic E-state index is 0.155. The Labute approximate surface area is 135 Å². The summed E-state index contributed by atoms with van der Waals surface area (Å²) in [6.07, 6.45) is 3.09. The third-order valence-corrected chi connectivity index (χ3v) is 3.48. The summed E-state index contributed by atoms with van der Waals surface area (Å²) in [5, 5.41) is 19.7. The zero-order valence-electron chi connectivity index (χ0n) is 12.2. The number of pyridine rings is 1. The molecule has 2 N–H and O–H groups in total. The summed E-state index contributed by atoms with van der Waals surface area (Å²) < 4.78 is 26.1. The number of halogens is 2. The predicted molar refractivity (Wildman–Crippen MR) is 85.7 cm³/mol.